The van der Waals surface area contributed by atoms with Gasteiger partial charge >= 0.3 is 16.4 Å². The Kier molecular flexibility index (Phi) is 5.95. The smallest absolute Gasteiger partial charge is 0.368 e. The second-order valence-corrected chi connectivity index (χ2v) is 7.74. The summed E-state index contributed by atoms with van der Waals surface area (Å²) in [6.07, 6.45) is 2.37. The van der Waals surface area contributed by atoms with Crippen molar-refractivity contribution in [3.8, 4) is 0 Å². The summed E-state index contributed by atoms with van der Waals surface area (Å²) in [4.78, 5) is 25.6. The van der Waals surface area contributed by atoms with E-state index in [2.05, 4.69) is 14.9 Å². The largest absolute Gasteiger partial charge is 0.418 e. The third-order valence-corrected chi connectivity index (χ3v) is 5.19. The van der Waals surface area contributed by atoms with Crippen molar-refractivity contribution in [1.29, 1.82) is 5.41 Å². The molecule has 0 radical (unpaired) electrons. The molecule has 3 fully saturated rings. The lowest BCUT2D eigenvalue weighted by atomic mass is 10.00. The van der Waals surface area contributed by atoms with Crippen LogP contribution >= 0.6 is 0 Å². The lowest BCUT2D eigenvalue weighted by molar-refractivity contribution is -0.126. The standard InChI is InChI=1S/C14H23N5O7S/c15-13(17-12(20)8-25-10-3-5-16-6-4-10)11-2-1-9-7-18(11)14(21)19(9)26-27(22,23)24/h9-11,16H,1-8H2,(H2,15,17,20)(H,22,23,24). The molecule has 12 nitrogen and oxygen atoms in total. The summed E-state index contributed by atoms with van der Waals surface area (Å²) in [5, 5.41) is 14.3. The van der Waals surface area contributed by atoms with E-state index >= 15 is 0 Å². The van der Waals surface area contributed by atoms with Gasteiger partial charge in [0.15, 0.2) is 0 Å². The highest BCUT2D eigenvalue weighted by Crippen LogP contribution is 2.30. The number of nitrogens with one attached hydrogen (secondary N) is 3. The Morgan fingerprint density at radius 2 is 2.00 bits per heavy atom. The zero-order valence-electron chi connectivity index (χ0n) is 14.6. The second-order valence-electron chi connectivity index (χ2n) is 6.73. The molecule has 0 aliphatic carbocycles. The quantitative estimate of drug-likeness (QED) is 0.245. The van der Waals surface area contributed by atoms with Crippen LogP contribution in [-0.4, -0.2) is 85.1 Å². The number of hydrogen-bond acceptors (Lipinski definition) is 8. The van der Waals surface area contributed by atoms with Crippen molar-refractivity contribution in [3.05, 3.63) is 0 Å². The number of fused-ring (bicyclic) bond motifs is 2. The summed E-state index contributed by atoms with van der Waals surface area (Å²) >= 11 is 0. The van der Waals surface area contributed by atoms with E-state index in [-0.39, 0.29) is 25.1 Å². The molecule has 3 rings (SSSR count). The first-order valence-corrected chi connectivity index (χ1v) is 10.1. The maximum atomic E-state index is 12.3. The van der Waals surface area contributed by atoms with Crippen molar-refractivity contribution in [2.24, 2.45) is 0 Å². The van der Waals surface area contributed by atoms with Gasteiger partial charge in [-0.15, -0.1) is 4.28 Å². The Labute approximate surface area is 156 Å². The molecule has 0 aromatic rings. The van der Waals surface area contributed by atoms with Crippen molar-refractivity contribution >= 4 is 28.2 Å². The molecule has 3 aliphatic heterocycles. The molecule has 3 saturated heterocycles. The Morgan fingerprint density at radius 3 is 2.67 bits per heavy atom. The second kappa shape index (κ2) is 8.06. The van der Waals surface area contributed by atoms with Crippen LogP contribution in [0, 0.1) is 5.41 Å². The van der Waals surface area contributed by atoms with Gasteiger partial charge < -0.3 is 20.3 Å². The number of carbonyl (C=O) groups is 2. The zero-order valence-corrected chi connectivity index (χ0v) is 15.4. The molecular formula is C14H23N5O7S. The van der Waals surface area contributed by atoms with Crippen LogP contribution in [0.25, 0.3) is 0 Å². The van der Waals surface area contributed by atoms with Gasteiger partial charge in [-0.2, -0.15) is 13.5 Å². The zero-order chi connectivity index (χ0) is 19.6. The fourth-order valence-corrected chi connectivity index (χ4v) is 3.95. The van der Waals surface area contributed by atoms with Gasteiger partial charge in [-0.25, -0.2) is 4.79 Å². The van der Waals surface area contributed by atoms with Gasteiger partial charge in [0.25, 0.3) is 5.91 Å². The number of urea groups is 1. The number of nitrogens with zero attached hydrogens (tertiary/aromatic N) is 2. The Morgan fingerprint density at radius 1 is 1.30 bits per heavy atom. The van der Waals surface area contributed by atoms with E-state index in [1.165, 1.54) is 4.90 Å². The van der Waals surface area contributed by atoms with Crippen molar-refractivity contribution in [2.45, 2.75) is 43.9 Å². The normalized spacial score (nSPS) is 26.3. The van der Waals surface area contributed by atoms with Crippen molar-refractivity contribution in [1.82, 2.24) is 20.6 Å². The molecule has 2 atom stereocenters. The first kappa shape index (κ1) is 19.9. The first-order valence-electron chi connectivity index (χ1n) is 8.72. The van der Waals surface area contributed by atoms with Crippen LogP contribution in [0.3, 0.4) is 0 Å². The topological polar surface area (TPSA) is 161 Å². The van der Waals surface area contributed by atoms with E-state index in [0.717, 1.165) is 25.9 Å². The molecule has 0 aromatic heterocycles. The van der Waals surface area contributed by atoms with E-state index < -0.39 is 34.4 Å². The molecule has 2 bridgehead atoms. The van der Waals surface area contributed by atoms with Crippen LogP contribution in [0.2, 0.25) is 0 Å². The first-order chi connectivity index (χ1) is 12.7. The number of amidine groups is 1. The lowest BCUT2D eigenvalue weighted by Crippen LogP contribution is -2.51. The number of amides is 3. The molecule has 3 aliphatic rings. The fraction of sp³-hybridized carbons (Fsp3) is 0.786. The Balaban J connectivity index is 1.51. The molecule has 0 aromatic carbocycles. The molecule has 27 heavy (non-hydrogen) atoms. The van der Waals surface area contributed by atoms with Crippen molar-refractivity contribution < 1.29 is 31.6 Å². The Hall–Kier alpha value is -1.80. The molecule has 3 amide bonds. The highest BCUT2D eigenvalue weighted by Gasteiger charge is 2.48. The molecule has 3 heterocycles. The minimum atomic E-state index is -4.82. The molecule has 152 valence electrons. The monoisotopic (exact) mass is 405 g/mol. The summed E-state index contributed by atoms with van der Waals surface area (Å²) in [6, 6.07) is -2.01. The van der Waals surface area contributed by atoms with E-state index in [0.29, 0.717) is 17.9 Å². The van der Waals surface area contributed by atoms with Crippen LogP contribution in [0.1, 0.15) is 25.7 Å². The molecule has 0 spiro atoms. The summed E-state index contributed by atoms with van der Waals surface area (Å²) in [7, 11) is -4.82. The SMILES string of the molecule is N=C(NC(=O)COC1CCNCC1)C1CCC2CN1C(=O)N2OS(=O)(=O)O. The van der Waals surface area contributed by atoms with Gasteiger partial charge in [0.1, 0.15) is 12.4 Å². The van der Waals surface area contributed by atoms with Crippen LogP contribution < -0.4 is 10.6 Å². The number of hydrogen-bond donors (Lipinski definition) is 4. The van der Waals surface area contributed by atoms with E-state index in [1.54, 1.807) is 0 Å². The predicted octanol–water partition coefficient (Wildman–Crippen LogP) is -1.15. The minimum absolute atomic E-state index is 0.00733. The van der Waals surface area contributed by atoms with Crippen molar-refractivity contribution in [2.75, 3.05) is 26.2 Å². The predicted molar refractivity (Wildman–Crippen MR) is 91.1 cm³/mol. The fourth-order valence-electron chi connectivity index (χ4n) is 3.56. The van der Waals surface area contributed by atoms with Crippen LogP contribution in [0.4, 0.5) is 4.79 Å². The molecule has 13 heteroatoms. The minimum Gasteiger partial charge on any atom is -0.368 e. The van der Waals surface area contributed by atoms with Gasteiger partial charge in [0.05, 0.1) is 18.2 Å². The third-order valence-electron chi connectivity index (χ3n) is 4.84. The van der Waals surface area contributed by atoms with Gasteiger partial charge in [-0.05, 0) is 38.8 Å². The van der Waals surface area contributed by atoms with Gasteiger partial charge in [0, 0.05) is 6.54 Å². The Bertz CT molecular complexity index is 709. The lowest BCUT2D eigenvalue weighted by Gasteiger charge is -2.30. The van der Waals surface area contributed by atoms with Gasteiger partial charge in [-0.3, -0.25) is 14.8 Å². The maximum Gasteiger partial charge on any atom is 0.418 e. The number of ether oxygens (including phenoxy) is 1. The summed E-state index contributed by atoms with van der Waals surface area (Å²) in [5.74, 6) is -0.632. The van der Waals surface area contributed by atoms with Crippen LogP contribution in [-0.2, 0) is 24.2 Å². The average Bonchev–Trinajstić information content (AvgIpc) is 2.84. The van der Waals surface area contributed by atoms with E-state index in [9.17, 15) is 18.0 Å². The molecular weight excluding hydrogens is 382 g/mol. The van der Waals surface area contributed by atoms with Crippen LogP contribution in [0.5, 0.6) is 0 Å². The highest BCUT2D eigenvalue weighted by atomic mass is 32.3. The van der Waals surface area contributed by atoms with Crippen molar-refractivity contribution in [3.63, 3.8) is 0 Å². The number of hydroxylamine groups is 2. The molecule has 2 unspecified atom stereocenters. The number of carbonyl (C=O) groups excluding carboxylic acids is 2. The number of rotatable bonds is 6. The molecule has 0 saturated carbocycles. The highest BCUT2D eigenvalue weighted by molar-refractivity contribution is 7.80. The summed E-state index contributed by atoms with van der Waals surface area (Å²) in [5.41, 5.74) is 0. The van der Waals surface area contributed by atoms with E-state index in [4.69, 9.17) is 14.7 Å². The third kappa shape index (κ3) is 4.93. The molecule has 4 N–H and O–H groups in total. The van der Waals surface area contributed by atoms with Crippen LogP contribution in [0.15, 0.2) is 0 Å². The van der Waals surface area contributed by atoms with Gasteiger partial charge in [-0.1, -0.05) is 0 Å². The average molecular weight is 405 g/mol. The summed E-state index contributed by atoms with van der Waals surface area (Å²) in [6.45, 7) is 1.65. The van der Waals surface area contributed by atoms with Gasteiger partial charge in [0.2, 0.25) is 0 Å². The maximum absolute atomic E-state index is 12.3. The summed E-state index contributed by atoms with van der Waals surface area (Å²) < 4.78 is 40.4. The number of piperidine rings is 2. The van der Waals surface area contributed by atoms with E-state index in [1.807, 2.05) is 0 Å².